The minimum atomic E-state index is -1.28. The van der Waals surface area contributed by atoms with Crippen molar-refractivity contribution in [2.24, 2.45) is 0 Å². The van der Waals surface area contributed by atoms with Crippen molar-refractivity contribution in [2.45, 2.75) is 110 Å². The van der Waals surface area contributed by atoms with E-state index in [0.717, 1.165) is 44.3 Å². The number of nitrogens with one attached hydrogen (secondary N) is 1. The highest BCUT2D eigenvalue weighted by atomic mass is 28.3. The average Bonchev–Trinajstić information content (AvgIpc) is 4.09. The summed E-state index contributed by atoms with van der Waals surface area (Å²) in [4.78, 5) is 68.4. The number of hydrogen-bond donors (Lipinski definition) is 1. The van der Waals surface area contributed by atoms with E-state index in [2.05, 4.69) is 64.5 Å². The summed E-state index contributed by atoms with van der Waals surface area (Å²) in [6.45, 7) is 19.5. The molecule has 0 aliphatic carbocycles. The van der Waals surface area contributed by atoms with E-state index >= 15 is 0 Å². The molecular formula is C48H62F2N14O5Si2. The number of pyridine rings is 2. The third-order valence-electron chi connectivity index (χ3n) is 13.1. The monoisotopic (exact) mass is 1010 g/mol. The van der Waals surface area contributed by atoms with Crippen molar-refractivity contribution in [1.82, 2.24) is 67.2 Å². The smallest absolute Gasteiger partial charge is 0.332 e. The second-order valence-corrected chi connectivity index (χ2v) is 32.1. The van der Waals surface area contributed by atoms with Gasteiger partial charge in [0.15, 0.2) is 22.9 Å². The molecule has 71 heavy (non-hydrogen) atoms. The third-order valence-corrected chi connectivity index (χ3v) is 16.5. The lowest BCUT2D eigenvalue weighted by molar-refractivity contribution is -0.130. The van der Waals surface area contributed by atoms with Crippen LogP contribution in [0.25, 0.3) is 56.7 Å². The highest BCUT2D eigenvalue weighted by Gasteiger charge is 2.30. The molecule has 2 aliphatic heterocycles. The van der Waals surface area contributed by atoms with Crippen molar-refractivity contribution in [3.63, 3.8) is 0 Å². The summed E-state index contributed by atoms with van der Waals surface area (Å²) in [5.41, 5.74) is 4.07. The first-order valence-electron chi connectivity index (χ1n) is 24.3. The maximum atomic E-state index is 14.0. The molecule has 19 nitrogen and oxygen atoms in total. The van der Waals surface area contributed by atoms with Crippen LogP contribution in [-0.4, -0.2) is 123 Å². The predicted octanol–water partition coefficient (Wildman–Crippen LogP) is 6.83. The van der Waals surface area contributed by atoms with Crippen LogP contribution in [-0.2, 0) is 27.7 Å². The fourth-order valence-electron chi connectivity index (χ4n) is 9.08. The molecule has 1 N–H and O–H groups in total. The van der Waals surface area contributed by atoms with Gasteiger partial charge in [0.05, 0.1) is 36.9 Å². The number of aromatic nitrogens is 12. The lowest BCUT2D eigenvalue weighted by atomic mass is 10.1. The van der Waals surface area contributed by atoms with E-state index in [1.54, 1.807) is 75.8 Å². The van der Waals surface area contributed by atoms with E-state index in [-0.39, 0.29) is 48.6 Å². The summed E-state index contributed by atoms with van der Waals surface area (Å²) in [7, 11) is -2.52. The molecule has 0 unspecified atom stereocenters. The first-order chi connectivity index (χ1) is 33.9. The fraction of sp³-hybridized carbons (Fsp3) is 0.479. The van der Waals surface area contributed by atoms with Crippen molar-refractivity contribution in [3.8, 4) is 23.0 Å². The molecule has 8 aromatic rings. The summed E-state index contributed by atoms with van der Waals surface area (Å²) in [5.74, 6) is -0.0768. The Morgan fingerprint density at radius 3 is 1.65 bits per heavy atom. The molecule has 2 fully saturated rings. The molecule has 1 amide bonds. The van der Waals surface area contributed by atoms with Gasteiger partial charge < -0.3 is 19.7 Å². The van der Waals surface area contributed by atoms with E-state index in [1.165, 1.54) is 24.5 Å². The maximum Gasteiger partial charge on any atom is 0.332 e. The van der Waals surface area contributed by atoms with Crippen LogP contribution in [0.2, 0.25) is 51.4 Å². The molecule has 10 heterocycles. The SMILES string of the molecule is CC(=O)N1CCC[C@@H](n2c(=O)n(COCC[Si](C)(C)C)c3cnc(-c4cnc5ccc(F)cn45)nc32)C1.C[Si](C)(C)CCOCn1c(=O)n([C@@H]2CCCNC2)c2nc(-c3cnc4ccc(F)cn34)ncc21. The van der Waals surface area contributed by atoms with Gasteiger partial charge in [-0.25, -0.2) is 48.3 Å². The molecule has 2 aliphatic rings. The highest BCUT2D eigenvalue weighted by molar-refractivity contribution is 6.76. The minimum Gasteiger partial charge on any atom is -0.361 e. The van der Waals surface area contributed by atoms with Crippen molar-refractivity contribution in [1.29, 1.82) is 0 Å². The van der Waals surface area contributed by atoms with E-state index in [9.17, 15) is 23.2 Å². The first kappa shape index (κ1) is 49.7. The summed E-state index contributed by atoms with van der Waals surface area (Å²) < 4.78 is 49.5. The lowest BCUT2D eigenvalue weighted by Gasteiger charge is -2.32. The first-order valence-corrected chi connectivity index (χ1v) is 31.7. The van der Waals surface area contributed by atoms with Crippen LogP contribution in [0.15, 0.2) is 71.0 Å². The Hall–Kier alpha value is -6.28. The number of rotatable bonds is 14. The van der Waals surface area contributed by atoms with Crippen LogP contribution in [0.4, 0.5) is 8.78 Å². The maximum absolute atomic E-state index is 14.0. The molecule has 0 aromatic carbocycles. The third kappa shape index (κ3) is 10.8. The minimum absolute atomic E-state index is 0.00522. The van der Waals surface area contributed by atoms with E-state index in [0.29, 0.717) is 89.5 Å². The molecule has 0 radical (unpaired) electrons. The van der Waals surface area contributed by atoms with E-state index in [4.69, 9.17) is 19.4 Å². The van der Waals surface area contributed by atoms with Crippen LogP contribution in [0.5, 0.6) is 0 Å². The standard InChI is InChI=1S/C25H32FN7O3Si.C23H30FN7O2Si/c1-17(34)30-9-5-6-19(15-30)33-24-21(32(25(33)35)16-36-10-11-37(2,3)4)13-28-23(29-24)20-12-27-22-8-7-18(26)14-31(20)22;1-34(2,3)10-9-33-15-30-19-13-27-21(18-12-26-20-7-6-16(24)14-29(18)20)28-22(19)31(23(30)32)17-5-4-8-25-11-17/h7-8,12-14,19H,5-6,9-11,15-16H2,1-4H3;6-7,12-14,17,25H,4-5,8-11,15H2,1-3H3/t19-;17-/m11/s1. The Kier molecular flexibility index (Phi) is 14.3. The average molecular weight is 1010 g/mol. The molecule has 0 spiro atoms. The highest BCUT2D eigenvalue weighted by Crippen LogP contribution is 2.28. The largest absolute Gasteiger partial charge is 0.361 e. The van der Waals surface area contributed by atoms with Gasteiger partial charge in [-0.05, 0) is 68.6 Å². The second kappa shape index (κ2) is 20.4. The number of halogens is 2. The molecule has 0 saturated carbocycles. The molecule has 2 saturated heterocycles. The topological polar surface area (TPSA) is 191 Å². The molecule has 8 aromatic heterocycles. The molecule has 0 bridgehead atoms. The number of ether oxygens (including phenoxy) is 2. The Morgan fingerprint density at radius 1 is 0.690 bits per heavy atom. The van der Waals surface area contributed by atoms with E-state index < -0.39 is 22.0 Å². The fourth-order valence-corrected chi connectivity index (χ4v) is 10.6. The summed E-state index contributed by atoms with van der Waals surface area (Å²) in [6.07, 6.45) is 12.6. The number of amides is 1. The van der Waals surface area contributed by atoms with Crippen molar-refractivity contribution < 1.29 is 23.0 Å². The van der Waals surface area contributed by atoms with Crippen molar-refractivity contribution in [3.05, 3.63) is 94.0 Å². The lowest BCUT2D eigenvalue weighted by Crippen LogP contribution is -2.42. The Labute approximate surface area is 410 Å². The normalized spacial score (nSPS) is 16.9. The summed E-state index contributed by atoms with van der Waals surface area (Å²) in [6, 6.07) is 7.69. The van der Waals surface area contributed by atoms with Crippen LogP contribution in [0, 0.1) is 11.6 Å². The van der Waals surface area contributed by atoms with E-state index in [1.807, 2.05) is 0 Å². The van der Waals surface area contributed by atoms with Gasteiger partial charge in [0.1, 0.15) is 58.8 Å². The summed E-state index contributed by atoms with van der Waals surface area (Å²) in [5, 5.41) is 3.38. The number of hydrogen-bond acceptors (Lipinski definition) is 12. The van der Waals surface area contributed by atoms with Gasteiger partial charge in [0.2, 0.25) is 5.91 Å². The second-order valence-electron chi connectivity index (χ2n) is 20.9. The van der Waals surface area contributed by atoms with Gasteiger partial charge >= 0.3 is 11.4 Å². The van der Waals surface area contributed by atoms with Gasteiger partial charge in [-0.3, -0.25) is 31.9 Å². The zero-order valence-corrected chi connectivity index (χ0v) is 43.4. The van der Waals surface area contributed by atoms with Crippen LogP contribution < -0.4 is 16.7 Å². The number of fused-ring (bicyclic) bond motifs is 4. The summed E-state index contributed by atoms with van der Waals surface area (Å²) >= 11 is 0. The zero-order valence-electron chi connectivity index (χ0n) is 41.4. The van der Waals surface area contributed by atoms with Crippen molar-refractivity contribution in [2.75, 3.05) is 39.4 Å². The van der Waals surface area contributed by atoms with Gasteiger partial charge in [0.25, 0.3) is 0 Å². The van der Waals surface area contributed by atoms with Crippen LogP contribution in [0.1, 0.15) is 44.7 Å². The van der Waals surface area contributed by atoms with Crippen LogP contribution >= 0.6 is 0 Å². The van der Waals surface area contributed by atoms with Crippen molar-refractivity contribution >= 4 is 55.7 Å². The zero-order chi connectivity index (χ0) is 50.2. The quantitative estimate of drug-likeness (QED) is 0.0885. The number of carbonyl (C=O) groups is 1. The predicted molar refractivity (Wildman–Crippen MR) is 272 cm³/mol. The Bertz CT molecular complexity index is 3340. The van der Waals surface area contributed by atoms with Gasteiger partial charge in [-0.1, -0.05) is 39.3 Å². The Morgan fingerprint density at radius 2 is 1.18 bits per heavy atom. The number of imidazole rings is 4. The molecule has 2 atom stereocenters. The van der Waals surface area contributed by atoms with Crippen LogP contribution in [0.3, 0.4) is 0 Å². The molecule has 23 heteroatoms. The Balaban J connectivity index is 0.000000176. The van der Waals surface area contributed by atoms with Gasteiger partial charge in [-0.15, -0.1) is 0 Å². The van der Waals surface area contributed by atoms with Gasteiger partial charge in [-0.2, -0.15) is 0 Å². The van der Waals surface area contributed by atoms with Gasteiger partial charge in [0, 0.05) is 68.3 Å². The molecule has 10 rings (SSSR count). The molecule has 376 valence electrons. The number of carbonyl (C=O) groups excluding carboxylic acids is 1. The molecular weight excluding hydrogens is 947 g/mol. The number of piperidine rings is 2. The number of nitrogens with zero attached hydrogens (tertiary/aromatic N) is 13. The number of likely N-dealkylation sites (tertiary alicyclic amines) is 1.